The monoisotopic (exact) mass is 415 g/mol. The van der Waals surface area contributed by atoms with E-state index in [0.29, 0.717) is 29.2 Å². The Bertz CT molecular complexity index is 1030. The number of hydrogen-bond acceptors (Lipinski definition) is 3. The molecule has 0 aliphatic heterocycles. The maximum absolute atomic E-state index is 14.9. The average molecular weight is 416 g/mol. The summed E-state index contributed by atoms with van der Waals surface area (Å²) in [7, 11) is 0. The topological polar surface area (TPSA) is 60.9 Å². The molecule has 1 aliphatic carbocycles. The molecule has 2 N–H and O–H groups in total. The summed E-state index contributed by atoms with van der Waals surface area (Å²) in [5, 5.41) is 5.23. The zero-order chi connectivity index (χ0) is 19.8. The Morgan fingerprint density at radius 1 is 1.32 bits per heavy atom. The average Bonchev–Trinajstić information content (AvgIpc) is 3.39. The minimum Gasteiger partial charge on any atom is -0.369 e. The van der Waals surface area contributed by atoms with E-state index in [1.54, 1.807) is 10.7 Å². The molecule has 4 nitrogen and oxygen atoms in total. The largest absolute Gasteiger partial charge is 0.369 e. The van der Waals surface area contributed by atoms with Gasteiger partial charge in [0.2, 0.25) is 5.91 Å². The lowest BCUT2D eigenvalue weighted by atomic mass is 10.0. The molecule has 0 bridgehead atoms. The first kappa shape index (κ1) is 19.0. The molecule has 2 unspecified atom stereocenters. The number of nitrogens with zero attached hydrogens (tertiary/aromatic N) is 2. The highest BCUT2D eigenvalue weighted by Crippen LogP contribution is 2.48. The fourth-order valence-corrected chi connectivity index (χ4v) is 4.36. The van der Waals surface area contributed by atoms with Crippen LogP contribution < -0.4 is 5.73 Å². The predicted octanol–water partition coefficient (Wildman–Crippen LogP) is 5.10. The molecular formula is C21H19ClFN3OS. The molecule has 7 heteroatoms. The van der Waals surface area contributed by atoms with Crippen LogP contribution in [0.25, 0.3) is 11.3 Å². The van der Waals surface area contributed by atoms with Crippen LogP contribution in [0.4, 0.5) is 4.39 Å². The van der Waals surface area contributed by atoms with Crippen molar-refractivity contribution in [1.82, 2.24) is 9.78 Å². The van der Waals surface area contributed by atoms with Gasteiger partial charge in [0.25, 0.3) is 0 Å². The van der Waals surface area contributed by atoms with Crippen molar-refractivity contribution in [2.45, 2.75) is 35.6 Å². The van der Waals surface area contributed by atoms with E-state index in [-0.39, 0.29) is 23.6 Å². The molecule has 1 aromatic heterocycles. The lowest BCUT2D eigenvalue weighted by molar-refractivity contribution is -0.119. The highest BCUT2D eigenvalue weighted by Gasteiger charge is 2.42. The Labute approximate surface area is 171 Å². The van der Waals surface area contributed by atoms with Crippen molar-refractivity contribution in [3.63, 3.8) is 0 Å². The van der Waals surface area contributed by atoms with Gasteiger partial charge in [-0.2, -0.15) is 5.10 Å². The first-order chi connectivity index (χ1) is 13.5. The van der Waals surface area contributed by atoms with Crippen LogP contribution >= 0.6 is 23.4 Å². The molecule has 28 heavy (non-hydrogen) atoms. The van der Waals surface area contributed by atoms with E-state index < -0.39 is 0 Å². The molecule has 3 aromatic rings. The summed E-state index contributed by atoms with van der Waals surface area (Å²) in [5.74, 6) is -0.817. The molecule has 1 heterocycles. The Morgan fingerprint density at radius 2 is 2.07 bits per heavy atom. The number of rotatable bonds is 6. The Morgan fingerprint density at radius 3 is 2.68 bits per heavy atom. The van der Waals surface area contributed by atoms with E-state index >= 15 is 0 Å². The Hall–Kier alpha value is -2.31. The van der Waals surface area contributed by atoms with Gasteiger partial charge in [0.1, 0.15) is 11.5 Å². The number of primary amides is 1. The number of halogens is 2. The number of amides is 1. The number of carbonyl (C=O) groups excluding carboxylic acids is 1. The van der Waals surface area contributed by atoms with Crippen molar-refractivity contribution in [2.75, 3.05) is 0 Å². The SMILES string of the molecule is CCn1cc(Sc2ccc(Cl)cc2)c(-c2ccc(C3CC3C(N)=O)cc2F)n1. The van der Waals surface area contributed by atoms with Gasteiger partial charge in [0.05, 0.1) is 4.90 Å². The molecule has 1 saturated carbocycles. The van der Waals surface area contributed by atoms with Gasteiger partial charge >= 0.3 is 0 Å². The predicted molar refractivity (Wildman–Crippen MR) is 109 cm³/mol. The summed E-state index contributed by atoms with van der Waals surface area (Å²) in [6.45, 7) is 2.68. The lowest BCUT2D eigenvalue weighted by Crippen LogP contribution is -2.13. The fraction of sp³-hybridized carbons (Fsp3) is 0.238. The summed E-state index contributed by atoms with van der Waals surface area (Å²) >= 11 is 7.48. The summed E-state index contributed by atoms with van der Waals surface area (Å²) in [6, 6.07) is 12.6. The fourth-order valence-electron chi connectivity index (χ4n) is 3.29. The van der Waals surface area contributed by atoms with Gasteiger partial charge in [0, 0.05) is 34.1 Å². The summed E-state index contributed by atoms with van der Waals surface area (Å²) in [5.41, 5.74) is 7.21. The maximum Gasteiger partial charge on any atom is 0.221 e. The number of benzene rings is 2. The second-order valence-electron chi connectivity index (χ2n) is 6.84. The molecule has 144 valence electrons. The maximum atomic E-state index is 14.9. The van der Waals surface area contributed by atoms with E-state index in [1.165, 1.54) is 17.8 Å². The van der Waals surface area contributed by atoms with Gasteiger partial charge in [0.15, 0.2) is 0 Å². The lowest BCUT2D eigenvalue weighted by Gasteiger charge is -2.07. The van der Waals surface area contributed by atoms with Crippen molar-refractivity contribution in [1.29, 1.82) is 0 Å². The summed E-state index contributed by atoms with van der Waals surface area (Å²) in [6.07, 6.45) is 2.61. The van der Waals surface area contributed by atoms with Crippen LogP contribution in [-0.4, -0.2) is 15.7 Å². The van der Waals surface area contributed by atoms with Crippen LogP contribution in [0.2, 0.25) is 5.02 Å². The minimum absolute atomic E-state index is 0.0251. The van der Waals surface area contributed by atoms with Crippen LogP contribution in [0.15, 0.2) is 58.5 Å². The Kier molecular flexibility index (Phi) is 5.17. The zero-order valence-corrected chi connectivity index (χ0v) is 16.8. The molecule has 1 aliphatic rings. The summed E-state index contributed by atoms with van der Waals surface area (Å²) in [4.78, 5) is 13.2. The smallest absolute Gasteiger partial charge is 0.221 e. The van der Waals surface area contributed by atoms with Crippen molar-refractivity contribution in [2.24, 2.45) is 11.7 Å². The van der Waals surface area contributed by atoms with E-state index in [1.807, 2.05) is 43.5 Å². The normalized spacial score (nSPS) is 18.2. The van der Waals surface area contributed by atoms with Crippen LogP contribution in [0, 0.1) is 11.7 Å². The van der Waals surface area contributed by atoms with Gasteiger partial charge < -0.3 is 5.73 Å². The van der Waals surface area contributed by atoms with Gasteiger partial charge in [-0.15, -0.1) is 0 Å². The number of hydrogen-bond donors (Lipinski definition) is 1. The van der Waals surface area contributed by atoms with Crippen molar-refractivity contribution >= 4 is 29.3 Å². The standard InChI is InChI=1S/C21H19ClFN3OS/c1-2-26-11-19(28-14-6-4-13(22)5-7-14)20(25-26)15-8-3-12(9-18(15)23)16-10-17(16)21(24)27/h3-9,11,16-17H,2,10H2,1H3,(H2,24,27). The number of aryl methyl sites for hydroxylation is 1. The second-order valence-corrected chi connectivity index (χ2v) is 8.40. The van der Waals surface area contributed by atoms with E-state index in [4.69, 9.17) is 17.3 Å². The molecule has 0 radical (unpaired) electrons. The van der Waals surface area contributed by atoms with Gasteiger partial charge in [-0.05, 0) is 61.2 Å². The van der Waals surface area contributed by atoms with Crippen LogP contribution in [-0.2, 0) is 11.3 Å². The molecule has 1 amide bonds. The molecule has 2 aromatic carbocycles. The van der Waals surface area contributed by atoms with Crippen molar-refractivity contribution in [3.8, 4) is 11.3 Å². The molecule has 1 fully saturated rings. The third-order valence-electron chi connectivity index (χ3n) is 4.93. The first-order valence-corrected chi connectivity index (χ1v) is 10.3. The molecule has 0 spiro atoms. The molecular weight excluding hydrogens is 397 g/mol. The van der Waals surface area contributed by atoms with Gasteiger partial charge in [-0.3, -0.25) is 9.48 Å². The van der Waals surface area contributed by atoms with Crippen molar-refractivity contribution in [3.05, 3.63) is 65.1 Å². The molecule has 4 rings (SSSR count). The third kappa shape index (κ3) is 3.80. The number of nitrogens with two attached hydrogens (primary N) is 1. The quantitative estimate of drug-likeness (QED) is 0.609. The van der Waals surface area contributed by atoms with E-state index in [2.05, 4.69) is 5.10 Å². The van der Waals surface area contributed by atoms with Gasteiger partial charge in [-0.1, -0.05) is 29.4 Å². The van der Waals surface area contributed by atoms with Crippen LogP contribution in [0.1, 0.15) is 24.8 Å². The third-order valence-corrected chi connectivity index (χ3v) is 6.20. The van der Waals surface area contributed by atoms with E-state index in [0.717, 1.165) is 15.4 Å². The number of aromatic nitrogens is 2. The molecule has 0 saturated heterocycles. The minimum atomic E-state index is -0.341. The van der Waals surface area contributed by atoms with Gasteiger partial charge in [-0.25, -0.2) is 4.39 Å². The van der Waals surface area contributed by atoms with Crippen LogP contribution in [0.5, 0.6) is 0 Å². The highest BCUT2D eigenvalue weighted by molar-refractivity contribution is 7.99. The van der Waals surface area contributed by atoms with Crippen LogP contribution in [0.3, 0.4) is 0 Å². The second kappa shape index (κ2) is 7.60. The Balaban J connectivity index is 1.66. The highest BCUT2D eigenvalue weighted by atomic mass is 35.5. The zero-order valence-electron chi connectivity index (χ0n) is 15.2. The molecule has 2 atom stereocenters. The number of carbonyl (C=O) groups is 1. The van der Waals surface area contributed by atoms with Crippen molar-refractivity contribution < 1.29 is 9.18 Å². The van der Waals surface area contributed by atoms with E-state index in [9.17, 15) is 9.18 Å². The summed E-state index contributed by atoms with van der Waals surface area (Å²) < 4.78 is 16.7. The first-order valence-electron chi connectivity index (χ1n) is 9.06.